The Morgan fingerprint density at radius 1 is 1.30 bits per heavy atom. The monoisotopic (exact) mass is 272 g/mol. The second-order valence-electron chi connectivity index (χ2n) is 5.68. The molecule has 0 saturated carbocycles. The number of hydrogen-bond donors (Lipinski definition) is 2. The molecule has 3 rings (SSSR count). The Labute approximate surface area is 118 Å². The Morgan fingerprint density at radius 2 is 2.00 bits per heavy atom. The third-order valence-electron chi connectivity index (χ3n) is 4.33. The van der Waals surface area contributed by atoms with Crippen LogP contribution in [-0.4, -0.2) is 40.1 Å². The van der Waals surface area contributed by atoms with Crippen LogP contribution < -0.4 is 0 Å². The van der Waals surface area contributed by atoms with Crippen LogP contribution in [0.15, 0.2) is 18.2 Å². The summed E-state index contributed by atoms with van der Waals surface area (Å²) in [4.78, 5) is 17.5. The van der Waals surface area contributed by atoms with Gasteiger partial charge in [0.2, 0.25) is 0 Å². The summed E-state index contributed by atoms with van der Waals surface area (Å²) in [5.74, 6) is 0.0325. The van der Waals surface area contributed by atoms with Gasteiger partial charge in [0.05, 0.1) is 6.10 Å². The van der Waals surface area contributed by atoms with Crippen LogP contribution in [-0.2, 0) is 0 Å². The first kappa shape index (κ1) is 13.2. The normalized spacial score (nSPS) is 16.9. The van der Waals surface area contributed by atoms with Crippen LogP contribution in [0.3, 0.4) is 0 Å². The van der Waals surface area contributed by atoms with Gasteiger partial charge in [0.25, 0.3) is 5.91 Å². The maximum atomic E-state index is 12.5. The van der Waals surface area contributed by atoms with Crippen LogP contribution in [0.5, 0.6) is 0 Å². The number of rotatable bonds is 1. The summed E-state index contributed by atoms with van der Waals surface area (Å²) < 4.78 is 0. The van der Waals surface area contributed by atoms with Crippen molar-refractivity contribution in [1.29, 1.82) is 0 Å². The van der Waals surface area contributed by atoms with E-state index in [1.54, 1.807) is 0 Å². The number of carbonyl (C=O) groups excluding carboxylic acids is 1. The molecule has 2 N–H and O–H groups in total. The highest BCUT2D eigenvalue weighted by Gasteiger charge is 2.23. The van der Waals surface area contributed by atoms with Crippen LogP contribution in [0.4, 0.5) is 0 Å². The lowest BCUT2D eigenvalue weighted by Crippen LogP contribution is -2.40. The van der Waals surface area contributed by atoms with Crippen LogP contribution in [0, 0.1) is 13.8 Å². The van der Waals surface area contributed by atoms with Gasteiger partial charge < -0.3 is 15.0 Å². The zero-order valence-electron chi connectivity index (χ0n) is 11.9. The average molecular weight is 272 g/mol. The number of nitrogens with zero attached hydrogens (tertiary/aromatic N) is 1. The highest BCUT2D eigenvalue weighted by Crippen LogP contribution is 2.23. The van der Waals surface area contributed by atoms with Crippen LogP contribution >= 0.6 is 0 Å². The van der Waals surface area contributed by atoms with E-state index in [0.29, 0.717) is 31.6 Å². The molecule has 1 aliphatic rings. The number of benzene rings is 1. The highest BCUT2D eigenvalue weighted by atomic mass is 16.3. The van der Waals surface area contributed by atoms with Crippen LogP contribution in [0.2, 0.25) is 0 Å². The van der Waals surface area contributed by atoms with E-state index in [2.05, 4.69) is 24.9 Å². The minimum absolute atomic E-state index is 0.0325. The van der Waals surface area contributed by atoms with E-state index in [1.807, 2.05) is 17.0 Å². The summed E-state index contributed by atoms with van der Waals surface area (Å²) in [7, 11) is 0. The molecule has 4 nitrogen and oxygen atoms in total. The summed E-state index contributed by atoms with van der Waals surface area (Å²) in [5, 5.41) is 10.6. The van der Waals surface area contributed by atoms with E-state index < -0.39 is 0 Å². The number of amides is 1. The number of likely N-dealkylation sites (tertiary alicyclic amines) is 1. The number of fused-ring (bicyclic) bond motifs is 1. The number of piperidine rings is 1. The second-order valence-corrected chi connectivity index (χ2v) is 5.68. The fourth-order valence-electron chi connectivity index (χ4n) is 2.81. The lowest BCUT2D eigenvalue weighted by Gasteiger charge is -2.29. The van der Waals surface area contributed by atoms with Crippen molar-refractivity contribution in [2.24, 2.45) is 0 Å². The summed E-state index contributed by atoms with van der Waals surface area (Å²) in [5.41, 5.74) is 4.10. The first-order valence-corrected chi connectivity index (χ1v) is 7.12. The zero-order chi connectivity index (χ0) is 14.3. The number of H-pyrrole nitrogens is 1. The smallest absolute Gasteiger partial charge is 0.270 e. The van der Waals surface area contributed by atoms with Crippen LogP contribution in [0.25, 0.3) is 10.9 Å². The summed E-state index contributed by atoms with van der Waals surface area (Å²) in [6.07, 6.45) is 1.08. The lowest BCUT2D eigenvalue weighted by atomic mass is 10.1. The SMILES string of the molecule is Cc1ccc2[nH]c(C(=O)N3CCC(O)CC3)cc2c1C. The van der Waals surface area contributed by atoms with E-state index in [1.165, 1.54) is 11.1 Å². The molecule has 2 heterocycles. The predicted octanol–water partition coefficient (Wildman–Crippen LogP) is 2.38. The number of aromatic amines is 1. The van der Waals surface area contributed by atoms with Gasteiger partial charge in [-0.1, -0.05) is 6.07 Å². The Hall–Kier alpha value is -1.81. The number of aryl methyl sites for hydroxylation is 2. The second kappa shape index (κ2) is 4.94. The average Bonchev–Trinajstić information content (AvgIpc) is 2.88. The van der Waals surface area contributed by atoms with Crippen molar-refractivity contribution >= 4 is 16.8 Å². The maximum Gasteiger partial charge on any atom is 0.270 e. The highest BCUT2D eigenvalue weighted by molar-refractivity contribution is 5.99. The Morgan fingerprint density at radius 3 is 2.70 bits per heavy atom. The Kier molecular flexibility index (Phi) is 3.26. The molecule has 4 heteroatoms. The largest absolute Gasteiger partial charge is 0.393 e. The number of aromatic nitrogens is 1. The van der Waals surface area contributed by atoms with E-state index in [9.17, 15) is 9.90 Å². The molecule has 1 amide bonds. The molecule has 0 bridgehead atoms. The number of carbonyl (C=O) groups is 1. The van der Waals surface area contributed by atoms with Gasteiger partial charge in [-0.3, -0.25) is 4.79 Å². The molecule has 0 spiro atoms. The van der Waals surface area contributed by atoms with E-state index in [4.69, 9.17) is 0 Å². The van der Waals surface area contributed by atoms with Crippen molar-refractivity contribution in [3.8, 4) is 0 Å². The quantitative estimate of drug-likeness (QED) is 0.837. The van der Waals surface area contributed by atoms with Crippen molar-refractivity contribution in [1.82, 2.24) is 9.88 Å². The number of aliphatic hydroxyl groups excluding tert-OH is 1. The van der Waals surface area contributed by atoms with E-state index in [0.717, 1.165) is 10.9 Å². The molecule has 0 aliphatic carbocycles. The fraction of sp³-hybridized carbons (Fsp3) is 0.438. The van der Waals surface area contributed by atoms with Crippen molar-refractivity contribution < 1.29 is 9.90 Å². The molecule has 1 saturated heterocycles. The minimum Gasteiger partial charge on any atom is -0.393 e. The van der Waals surface area contributed by atoms with Crippen molar-refractivity contribution in [3.05, 3.63) is 35.0 Å². The van der Waals surface area contributed by atoms with Gasteiger partial charge in [0, 0.05) is 24.0 Å². The first-order valence-electron chi connectivity index (χ1n) is 7.12. The standard InChI is InChI=1S/C16H20N2O2/c1-10-3-4-14-13(11(10)2)9-15(17-14)16(20)18-7-5-12(19)6-8-18/h3-4,9,12,17,19H,5-8H2,1-2H3. The molecule has 20 heavy (non-hydrogen) atoms. The molecular formula is C16H20N2O2. The maximum absolute atomic E-state index is 12.5. The van der Waals surface area contributed by atoms with Gasteiger partial charge in [-0.25, -0.2) is 0 Å². The lowest BCUT2D eigenvalue weighted by molar-refractivity contribution is 0.0542. The molecule has 0 atom stereocenters. The summed E-state index contributed by atoms with van der Waals surface area (Å²) in [6.45, 7) is 5.42. The molecule has 1 aromatic carbocycles. The Bertz CT molecular complexity index is 652. The molecule has 2 aromatic rings. The molecule has 0 radical (unpaired) electrons. The molecule has 1 fully saturated rings. The minimum atomic E-state index is -0.258. The molecule has 106 valence electrons. The first-order chi connectivity index (χ1) is 9.56. The van der Waals surface area contributed by atoms with Gasteiger partial charge in [-0.05, 0) is 49.9 Å². The molecule has 1 aliphatic heterocycles. The molecular weight excluding hydrogens is 252 g/mol. The van der Waals surface area contributed by atoms with Crippen molar-refractivity contribution in [2.75, 3.05) is 13.1 Å². The van der Waals surface area contributed by atoms with Gasteiger partial charge >= 0.3 is 0 Å². The molecule has 1 aromatic heterocycles. The van der Waals surface area contributed by atoms with Gasteiger partial charge in [0.15, 0.2) is 0 Å². The van der Waals surface area contributed by atoms with Gasteiger partial charge in [0.1, 0.15) is 5.69 Å². The number of nitrogens with one attached hydrogen (secondary N) is 1. The van der Waals surface area contributed by atoms with Crippen LogP contribution in [0.1, 0.15) is 34.5 Å². The van der Waals surface area contributed by atoms with Gasteiger partial charge in [-0.2, -0.15) is 0 Å². The fourth-order valence-corrected chi connectivity index (χ4v) is 2.81. The third kappa shape index (κ3) is 2.20. The predicted molar refractivity (Wildman–Crippen MR) is 78.9 cm³/mol. The van der Waals surface area contributed by atoms with Crippen molar-refractivity contribution in [3.63, 3.8) is 0 Å². The topological polar surface area (TPSA) is 56.3 Å². The van der Waals surface area contributed by atoms with E-state index in [-0.39, 0.29) is 12.0 Å². The summed E-state index contributed by atoms with van der Waals surface area (Å²) >= 11 is 0. The van der Waals surface area contributed by atoms with Gasteiger partial charge in [-0.15, -0.1) is 0 Å². The Balaban J connectivity index is 1.90. The van der Waals surface area contributed by atoms with E-state index >= 15 is 0 Å². The summed E-state index contributed by atoms with van der Waals surface area (Å²) in [6, 6.07) is 6.04. The number of hydrogen-bond acceptors (Lipinski definition) is 2. The van der Waals surface area contributed by atoms with Crippen molar-refractivity contribution in [2.45, 2.75) is 32.8 Å². The third-order valence-corrected chi connectivity index (χ3v) is 4.33. The zero-order valence-corrected chi connectivity index (χ0v) is 11.9. The molecule has 0 unspecified atom stereocenters. The number of aliphatic hydroxyl groups is 1.